The highest BCUT2D eigenvalue weighted by Crippen LogP contribution is 2.35. The van der Waals surface area contributed by atoms with E-state index in [2.05, 4.69) is 10.6 Å². The third-order valence-electron chi connectivity index (χ3n) is 6.32. The number of urea groups is 1. The van der Waals surface area contributed by atoms with Crippen molar-refractivity contribution >= 4 is 46.8 Å². The summed E-state index contributed by atoms with van der Waals surface area (Å²) in [5.41, 5.74) is -0.207. The highest BCUT2D eigenvalue weighted by molar-refractivity contribution is 8.18. The van der Waals surface area contributed by atoms with Crippen molar-refractivity contribution < 1.29 is 33.4 Å². The van der Waals surface area contributed by atoms with Crippen LogP contribution in [-0.4, -0.2) is 77.7 Å². The van der Waals surface area contributed by atoms with Crippen molar-refractivity contribution in [2.75, 3.05) is 33.4 Å². The van der Waals surface area contributed by atoms with Gasteiger partial charge in [0.1, 0.15) is 12.1 Å². The van der Waals surface area contributed by atoms with Crippen LogP contribution >= 0.6 is 11.8 Å². The molecule has 1 spiro atoms. The zero-order valence-corrected chi connectivity index (χ0v) is 20.9. The van der Waals surface area contributed by atoms with Gasteiger partial charge in [-0.05, 0) is 55.3 Å². The number of amides is 6. The summed E-state index contributed by atoms with van der Waals surface area (Å²) < 4.78 is 10.8. The number of benzene rings is 1. The number of hydrogen-bond donors (Lipinski definition) is 2. The Morgan fingerprint density at radius 2 is 1.92 bits per heavy atom. The molecule has 0 unspecified atom stereocenters. The van der Waals surface area contributed by atoms with E-state index < -0.39 is 35.2 Å². The summed E-state index contributed by atoms with van der Waals surface area (Å²) in [6.07, 6.45) is 4.45. The number of nitrogens with one attached hydrogen (secondary N) is 2. The molecule has 0 aromatic heterocycles. The van der Waals surface area contributed by atoms with Crippen LogP contribution in [-0.2, 0) is 14.4 Å². The Kier molecular flexibility index (Phi) is 7.53. The predicted molar refractivity (Wildman–Crippen MR) is 131 cm³/mol. The number of nitrogens with zero attached hydrogens (tertiary/aromatic N) is 2. The number of carbonyl (C=O) groups excluding carboxylic acids is 5. The van der Waals surface area contributed by atoms with Gasteiger partial charge < -0.3 is 20.1 Å². The standard InChI is InChI=1S/C24H28N4O7S/c1-3-35-16-7-6-15(12-17(16)34-2)13-18-20(30)27(23(33)36-18)11-10-25-19(29)14-28-21(31)24(26-22(28)32)8-4-5-9-24/h6-7,12-13H,3-5,8-11,14H2,1-2H3,(H,25,29)(H,26,32). The van der Waals surface area contributed by atoms with E-state index in [1.165, 1.54) is 7.11 Å². The van der Waals surface area contributed by atoms with Crippen molar-refractivity contribution in [3.05, 3.63) is 28.7 Å². The Balaban J connectivity index is 1.31. The van der Waals surface area contributed by atoms with Crippen molar-refractivity contribution in [1.29, 1.82) is 0 Å². The lowest BCUT2D eigenvalue weighted by atomic mass is 9.98. The van der Waals surface area contributed by atoms with E-state index in [-0.39, 0.29) is 23.9 Å². The number of rotatable bonds is 9. The van der Waals surface area contributed by atoms with Crippen molar-refractivity contribution in [2.24, 2.45) is 0 Å². The molecule has 4 rings (SSSR count). The normalized spacial score (nSPS) is 20.0. The molecule has 11 nitrogen and oxygen atoms in total. The Hall–Kier alpha value is -3.54. The number of methoxy groups -OCH3 is 1. The van der Waals surface area contributed by atoms with E-state index >= 15 is 0 Å². The number of carbonyl (C=O) groups is 5. The Labute approximate surface area is 212 Å². The van der Waals surface area contributed by atoms with Gasteiger partial charge in [-0.25, -0.2) is 4.79 Å². The monoisotopic (exact) mass is 516 g/mol. The second kappa shape index (κ2) is 10.6. The number of thioether (sulfide) groups is 1. The van der Waals surface area contributed by atoms with Crippen molar-refractivity contribution in [3.8, 4) is 11.5 Å². The van der Waals surface area contributed by atoms with Gasteiger partial charge >= 0.3 is 6.03 Å². The molecule has 1 aromatic carbocycles. The zero-order valence-electron chi connectivity index (χ0n) is 20.1. The maximum atomic E-state index is 12.8. The molecule has 2 saturated heterocycles. The summed E-state index contributed by atoms with van der Waals surface area (Å²) in [5.74, 6) is -0.298. The lowest BCUT2D eigenvalue weighted by molar-refractivity contribution is -0.134. The highest BCUT2D eigenvalue weighted by Gasteiger charge is 2.52. The third kappa shape index (κ3) is 5.03. The van der Waals surface area contributed by atoms with E-state index in [0.717, 1.165) is 34.4 Å². The first-order chi connectivity index (χ1) is 17.3. The fourth-order valence-corrected chi connectivity index (χ4v) is 5.40. The van der Waals surface area contributed by atoms with E-state index in [1.807, 2.05) is 6.92 Å². The summed E-state index contributed by atoms with van der Waals surface area (Å²) in [4.78, 5) is 64.6. The Bertz CT molecular complexity index is 1130. The van der Waals surface area contributed by atoms with Crippen molar-refractivity contribution in [3.63, 3.8) is 0 Å². The minimum Gasteiger partial charge on any atom is -0.493 e. The molecule has 1 aliphatic carbocycles. The lowest BCUT2D eigenvalue weighted by Crippen LogP contribution is -2.46. The van der Waals surface area contributed by atoms with Crippen LogP contribution in [0, 0.1) is 0 Å². The first-order valence-electron chi connectivity index (χ1n) is 11.7. The van der Waals surface area contributed by atoms with Crippen LogP contribution in [0.15, 0.2) is 23.1 Å². The van der Waals surface area contributed by atoms with E-state index in [9.17, 15) is 24.0 Å². The van der Waals surface area contributed by atoms with Crippen LogP contribution in [0.25, 0.3) is 6.08 Å². The zero-order chi connectivity index (χ0) is 25.9. The molecule has 2 N–H and O–H groups in total. The Morgan fingerprint density at radius 3 is 2.61 bits per heavy atom. The smallest absolute Gasteiger partial charge is 0.325 e. The molecule has 0 bridgehead atoms. The molecule has 36 heavy (non-hydrogen) atoms. The quantitative estimate of drug-likeness (QED) is 0.377. The van der Waals surface area contributed by atoms with Crippen LogP contribution in [0.2, 0.25) is 0 Å². The number of imide groups is 2. The molecule has 3 aliphatic rings. The van der Waals surface area contributed by atoms with Crippen molar-refractivity contribution in [1.82, 2.24) is 20.4 Å². The van der Waals surface area contributed by atoms with Gasteiger partial charge in [-0.2, -0.15) is 0 Å². The van der Waals surface area contributed by atoms with Gasteiger partial charge in [0, 0.05) is 13.1 Å². The summed E-state index contributed by atoms with van der Waals surface area (Å²) in [6.45, 7) is 1.89. The molecule has 3 fully saturated rings. The number of ether oxygens (including phenoxy) is 2. The van der Waals surface area contributed by atoms with Crippen LogP contribution in [0.3, 0.4) is 0 Å². The SMILES string of the molecule is CCOc1ccc(C=C2SC(=O)N(CCNC(=O)CN3C(=O)NC4(CCCC4)C3=O)C2=O)cc1OC. The first kappa shape index (κ1) is 25.5. The molecule has 2 heterocycles. The van der Waals surface area contributed by atoms with Gasteiger partial charge in [0.05, 0.1) is 18.6 Å². The number of hydrogen-bond acceptors (Lipinski definition) is 8. The van der Waals surface area contributed by atoms with Gasteiger partial charge in [-0.3, -0.25) is 29.0 Å². The highest BCUT2D eigenvalue weighted by atomic mass is 32.2. The maximum absolute atomic E-state index is 12.8. The summed E-state index contributed by atoms with van der Waals surface area (Å²) >= 11 is 0.809. The molecular formula is C24H28N4O7S. The third-order valence-corrected chi connectivity index (χ3v) is 7.23. The molecule has 0 atom stereocenters. The van der Waals surface area contributed by atoms with Crippen LogP contribution in [0.1, 0.15) is 38.2 Å². The molecule has 192 valence electrons. The summed E-state index contributed by atoms with van der Waals surface area (Å²) in [7, 11) is 1.52. The average Bonchev–Trinajstić information content (AvgIpc) is 3.49. The van der Waals surface area contributed by atoms with Gasteiger partial charge in [0.15, 0.2) is 11.5 Å². The van der Waals surface area contributed by atoms with Gasteiger partial charge in [0.25, 0.3) is 17.1 Å². The van der Waals surface area contributed by atoms with Gasteiger partial charge in [-0.15, -0.1) is 0 Å². The minimum absolute atomic E-state index is 0.00414. The topological polar surface area (TPSA) is 134 Å². The molecule has 1 aromatic rings. The second-order valence-electron chi connectivity index (χ2n) is 8.64. The predicted octanol–water partition coefficient (Wildman–Crippen LogP) is 2.11. The molecular weight excluding hydrogens is 488 g/mol. The van der Waals surface area contributed by atoms with Crippen molar-refractivity contribution in [2.45, 2.75) is 38.1 Å². The molecule has 1 saturated carbocycles. The summed E-state index contributed by atoms with van der Waals surface area (Å²) in [6, 6.07) is 4.63. The minimum atomic E-state index is -0.876. The molecule has 2 aliphatic heterocycles. The average molecular weight is 517 g/mol. The first-order valence-corrected chi connectivity index (χ1v) is 12.6. The van der Waals surface area contributed by atoms with Gasteiger partial charge in [-0.1, -0.05) is 18.9 Å². The largest absolute Gasteiger partial charge is 0.493 e. The summed E-state index contributed by atoms with van der Waals surface area (Å²) in [5, 5.41) is 4.85. The fourth-order valence-electron chi connectivity index (χ4n) is 4.54. The fraction of sp³-hybridized carbons (Fsp3) is 0.458. The lowest BCUT2D eigenvalue weighted by Gasteiger charge is -2.20. The second-order valence-corrected chi connectivity index (χ2v) is 9.63. The van der Waals surface area contributed by atoms with Gasteiger partial charge in [0.2, 0.25) is 5.91 Å². The Morgan fingerprint density at radius 1 is 1.17 bits per heavy atom. The van der Waals surface area contributed by atoms with Crippen LogP contribution < -0.4 is 20.1 Å². The van der Waals surface area contributed by atoms with Crippen LogP contribution in [0.4, 0.5) is 9.59 Å². The molecule has 6 amide bonds. The van der Waals surface area contributed by atoms with Crippen LogP contribution in [0.5, 0.6) is 11.5 Å². The van der Waals surface area contributed by atoms with E-state index in [4.69, 9.17) is 9.47 Å². The molecule has 0 radical (unpaired) electrons. The molecule has 12 heteroatoms. The van der Waals surface area contributed by atoms with E-state index in [0.29, 0.717) is 36.5 Å². The van der Waals surface area contributed by atoms with E-state index in [1.54, 1.807) is 24.3 Å². The maximum Gasteiger partial charge on any atom is 0.325 e.